The summed E-state index contributed by atoms with van der Waals surface area (Å²) in [5.41, 5.74) is 19.4. The van der Waals surface area contributed by atoms with E-state index in [9.17, 15) is 0 Å². The molecule has 11 aromatic rings. The highest BCUT2D eigenvalue weighted by Gasteiger charge is 2.50. The Hall–Kier alpha value is -7.94. The van der Waals surface area contributed by atoms with Crippen molar-refractivity contribution in [3.05, 3.63) is 247 Å². The van der Waals surface area contributed by atoms with Gasteiger partial charge >= 0.3 is 0 Å². The maximum absolute atomic E-state index is 6.58. The van der Waals surface area contributed by atoms with E-state index >= 15 is 0 Å². The maximum Gasteiger partial charge on any atom is 0.137 e. The topological polar surface area (TPSA) is 16.4 Å². The molecule has 0 aliphatic heterocycles. The van der Waals surface area contributed by atoms with Crippen LogP contribution in [0.1, 0.15) is 22.3 Å². The predicted molar refractivity (Wildman–Crippen MR) is 253 cm³/mol. The van der Waals surface area contributed by atoms with Crippen molar-refractivity contribution < 1.29 is 4.42 Å². The van der Waals surface area contributed by atoms with Crippen LogP contribution < -0.4 is 4.90 Å². The second-order valence-electron chi connectivity index (χ2n) is 16.3. The Labute approximate surface area is 354 Å². The van der Waals surface area contributed by atoms with Crippen LogP contribution in [0, 0.1) is 0 Å². The molecule has 1 spiro atoms. The summed E-state index contributed by atoms with van der Waals surface area (Å²) >= 11 is 0. The van der Waals surface area contributed by atoms with E-state index in [-0.39, 0.29) is 0 Å². The molecule has 0 saturated carbocycles. The largest absolute Gasteiger partial charge is 0.456 e. The van der Waals surface area contributed by atoms with Crippen molar-refractivity contribution in [2.45, 2.75) is 5.41 Å². The first-order valence-corrected chi connectivity index (χ1v) is 21.1. The Morgan fingerprint density at radius 3 is 1.75 bits per heavy atom. The van der Waals surface area contributed by atoms with Crippen molar-refractivity contribution in [1.82, 2.24) is 0 Å². The van der Waals surface area contributed by atoms with Crippen molar-refractivity contribution in [2.24, 2.45) is 0 Å². The van der Waals surface area contributed by atoms with Crippen LogP contribution in [0.3, 0.4) is 0 Å². The van der Waals surface area contributed by atoms with Gasteiger partial charge in [-0.15, -0.1) is 0 Å². The Morgan fingerprint density at radius 1 is 0.344 bits per heavy atom. The van der Waals surface area contributed by atoms with Crippen molar-refractivity contribution in [2.75, 3.05) is 4.90 Å². The van der Waals surface area contributed by atoms with E-state index in [2.05, 4.69) is 229 Å². The molecule has 0 bridgehead atoms. The number of fused-ring (bicyclic) bond motifs is 17. The molecule has 1 heterocycles. The lowest BCUT2D eigenvalue weighted by molar-refractivity contribution is 0.669. The van der Waals surface area contributed by atoms with Crippen LogP contribution in [-0.4, -0.2) is 0 Å². The van der Waals surface area contributed by atoms with E-state index in [4.69, 9.17) is 4.42 Å². The SMILES string of the molecule is c1ccc(-c2ccccc2N(c2ccc3c(c2)C2(c4ccccc4-c4ccccc4-3)c3ccccc3-c3c2ccc2ccccc32)c2cccc3oc4ccccc4c23)cc1. The zero-order valence-electron chi connectivity index (χ0n) is 33.2. The van der Waals surface area contributed by atoms with Crippen LogP contribution in [0.5, 0.6) is 0 Å². The summed E-state index contributed by atoms with van der Waals surface area (Å²) in [5, 5.41) is 4.70. The molecule has 1 unspecified atom stereocenters. The molecule has 2 heteroatoms. The highest BCUT2D eigenvalue weighted by Crippen LogP contribution is 2.63. The molecule has 10 aromatic carbocycles. The van der Waals surface area contributed by atoms with Crippen molar-refractivity contribution in [1.29, 1.82) is 0 Å². The highest BCUT2D eigenvalue weighted by atomic mass is 16.3. The fourth-order valence-corrected chi connectivity index (χ4v) is 10.9. The summed E-state index contributed by atoms with van der Waals surface area (Å²) in [6.07, 6.45) is 0. The van der Waals surface area contributed by atoms with Crippen LogP contribution in [0.4, 0.5) is 17.1 Å². The summed E-state index contributed by atoms with van der Waals surface area (Å²) in [5.74, 6) is 0. The van der Waals surface area contributed by atoms with Crippen LogP contribution in [0.2, 0.25) is 0 Å². The van der Waals surface area contributed by atoms with Gasteiger partial charge in [0, 0.05) is 16.6 Å². The van der Waals surface area contributed by atoms with Gasteiger partial charge in [-0.3, -0.25) is 0 Å². The number of hydrogen-bond donors (Lipinski definition) is 0. The average molecular weight is 776 g/mol. The molecule has 0 radical (unpaired) electrons. The van der Waals surface area contributed by atoms with Gasteiger partial charge in [0.25, 0.3) is 0 Å². The number of rotatable bonds is 4. The van der Waals surface area contributed by atoms with Crippen LogP contribution >= 0.6 is 0 Å². The molecule has 61 heavy (non-hydrogen) atoms. The molecule has 2 aliphatic carbocycles. The Bertz CT molecular complexity index is 3560. The monoisotopic (exact) mass is 775 g/mol. The molecule has 284 valence electrons. The predicted octanol–water partition coefficient (Wildman–Crippen LogP) is 15.9. The Balaban J connectivity index is 1.20. The third kappa shape index (κ3) is 4.73. The number of hydrogen-bond acceptors (Lipinski definition) is 2. The first-order valence-electron chi connectivity index (χ1n) is 21.1. The molecule has 0 N–H and O–H groups in total. The van der Waals surface area contributed by atoms with Crippen LogP contribution in [-0.2, 0) is 5.41 Å². The first-order chi connectivity index (χ1) is 30.3. The summed E-state index contributed by atoms with van der Waals surface area (Å²) in [4.78, 5) is 2.48. The normalized spacial score (nSPS) is 14.6. The van der Waals surface area contributed by atoms with Gasteiger partial charge in [0.15, 0.2) is 0 Å². The van der Waals surface area contributed by atoms with E-state index < -0.39 is 5.41 Å². The van der Waals surface area contributed by atoms with E-state index in [0.717, 1.165) is 50.1 Å². The number of nitrogens with zero attached hydrogens (tertiary/aromatic N) is 1. The van der Waals surface area contributed by atoms with E-state index in [1.54, 1.807) is 0 Å². The minimum absolute atomic E-state index is 0.643. The van der Waals surface area contributed by atoms with Gasteiger partial charge in [-0.25, -0.2) is 0 Å². The van der Waals surface area contributed by atoms with Gasteiger partial charge in [0.2, 0.25) is 0 Å². The van der Waals surface area contributed by atoms with Gasteiger partial charge in [-0.1, -0.05) is 188 Å². The molecule has 2 aliphatic rings. The molecule has 0 saturated heterocycles. The third-order valence-corrected chi connectivity index (χ3v) is 13.3. The summed E-state index contributed by atoms with van der Waals surface area (Å²) in [7, 11) is 0. The summed E-state index contributed by atoms with van der Waals surface area (Å²) in [6.45, 7) is 0. The number of para-hydroxylation sites is 2. The fraction of sp³-hybridized carbons (Fsp3) is 0.0169. The molecule has 13 rings (SSSR count). The van der Waals surface area contributed by atoms with Gasteiger partial charge < -0.3 is 9.32 Å². The second kappa shape index (κ2) is 13.0. The lowest BCUT2D eigenvalue weighted by atomic mass is 9.65. The molecule has 1 atom stereocenters. The zero-order valence-corrected chi connectivity index (χ0v) is 33.2. The smallest absolute Gasteiger partial charge is 0.137 e. The molecular weight excluding hydrogens is 739 g/mol. The molecule has 0 fully saturated rings. The number of anilines is 3. The lowest BCUT2D eigenvalue weighted by Gasteiger charge is -2.37. The van der Waals surface area contributed by atoms with Crippen LogP contribution in [0.15, 0.2) is 229 Å². The minimum Gasteiger partial charge on any atom is -0.456 e. The highest BCUT2D eigenvalue weighted by molar-refractivity contribution is 6.14. The second-order valence-corrected chi connectivity index (χ2v) is 16.3. The molecule has 0 amide bonds. The fourth-order valence-electron chi connectivity index (χ4n) is 10.9. The van der Waals surface area contributed by atoms with Gasteiger partial charge in [0.1, 0.15) is 11.2 Å². The third-order valence-electron chi connectivity index (χ3n) is 13.3. The minimum atomic E-state index is -0.643. The standard InChI is InChI=1S/C59H37NO/c1-2-17-38(18-3-1)41-20-10-14-29-53(41)60(54-30-16-32-56-58(54)48-26-11-15-31-55(48)61-56)40-34-35-46-44-23-7-6-22-43(44)45-24-8-12-27-49(45)59(52(46)37-40)50-28-13-9-25-47(50)57-42-21-5-4-19-39(42)33-36-51(57)59/h1-37H. The quantitative estimate of drug-likeness (QED) is 0.177. The zero-order chi connectivity index (χ0) is 40.1. The Kier molecular flexibility index (Phi) is 7.26. The van der Waals surface area contributed by atoms with Crippen molar-refractivity contribution in [3.63, 3.8) is 0 Å². The summed E-state index contributed by atoms with van der Waals surface area (Å²) in [6, 6.07) is 82.6. The average Bonchev–Trinajstić information content (AvgIpc) is 3.83. The van der Waals surface area contributed by atoms with Gasteiger partial charge in [-0.2, -0.15) is 0 Å². The number of furan rings is 1. The van der Waals surface area contributed by atoms with Gasteiger partial charge in [-0.05, 0) is 108 Å². The van der Waals surface area contributed by atoms with Gasteiger partial charge in [0.05, 0.1) is 22.2 Å². The summed E-state index contributed by atoms with van der Waals surface area (Å²) < 4.78 is 6.58. The molecule has 1 aromatic heterocycles. The number of benzene rings is 10. The van der Waals surface area contributed by atoms with E-state index in [1.807, 2.05) is 0 Å². The van der Waals surface area contributed by atoms with E-state index in [0.29, 0.717) is 0 Å². The molecule has 2 nitrogen and oxygen atoms in total. The van der Waals surface area contributed by atoms with Crippen LogP contribution in [0.25, 0.3) is 77.2 Å². The Morgan fingerprint density at radius 2 is 0.934 bits per heavy atom. The first kappa shape index (κ1) is 34.0. The maximum atomic E-state index is 6.58. The van der Waals surface area contributed by atoms with E-state index in [1.165, 1.54) is 66.4 Å². The van der Waals surface area contributed by atoms with Crippen molar-refractivity contribution in [3.8, 4) is 44.5 Å². The van der Waals surface area contributed by atoms with Crippen molar-refractivity contribution >= 4 is 49.8 Å². The molecular formula is C59H37NO. The lowest BCUT2D eigenvalue weighted by Crippen LogP contribution is -2.29.